The quantitative estimate of drug-likeness (QED) is 0.528. The van der Waals surface area contributed by atoms with E-state index in [-0.39, 0.29) is 37.3 Å². The minimum absolute atomic E-state index is 0.0475. The molecule has 5 rings (SSSR count). The first-order valence-corrected chi connectivity index (χ1v) is 11.7. The fraction of sp³-hybridized carbons (Fsp3) is 0.261. The fourth-order valence-electron chi connectivity index (χ4n) is 3.68. The number of sulfonamides is 1. The maximum atomic E-state index is 13.4. The number of ether oxygens (including phenoxy) is 4. The smallest absolute Gasteiger partial charge is 0.272 e. The Morgan fingerprint density at radius 2 is 1.91 bits per heavy atom. The molecule has 0 aliphatic carbocycles. The highest BCUT2D eigenvalue weighted by molar-refractivity contribution is 7.95. The minimum Gasteiger partial charge on any atom is -0.593 e. The normalized spacial score (nSPS) is 22.1. The highest BCUT2D eigenvalue weighted by Gasteiger charge is 2.40. The average molecular weight is 455 g/mol. The molecule has 0 radical (unpaired) electrons. The zero-order valence-electron chi connectivity index (χ0n) is 17.2. The first-order chi connectivity index (χ1) is 15.6. The molecule has 0 amide bonds. The Labute approximate surface area is 187 Å². The third-order valence-corrected chi connectivity index (χ3v) is 7.08. The van der Waals surface area contributed by atoms with Gasteiger partial charge in [-0.15, -0.1) is 4.31 Å². The molecule has 2 atom stereocenters. The van der Waals surface area contributed by atoms with Crippen LogP contribution in [-0.4, -0.2) is 39.9 Å². The molecular weight excluding hydrogens is 432 g/mol. The third kappa shape index (κ3) is 4.33. The van der Waals surface area contributed by atoms with E-state index in [9.17, 15) is 8.76 Å². The lowest BCUT2D eigenvalue weighted by atomic mass is 10.2. The number of nitrogens with zero attached hydrogens (tertiary/aromatic N) is 2. The molecule has 1 unspecified atom stereocenters. The maximum absolute atomic E-state index is 13.4. The van der Waals surface area contributed by atoms with Gasteiger partial charge in [-0.3, -0.25) is 0 Å². The van der Waals surface area contributed by atoms with E-state index in [1.807, 2.05) is 36.4 Å². The van der Waals surface area contributed by atoms with Gasteiger partial charge in [0.1, 0.15) is 6.10 Å². The lowest BCUT2D eigenvalue weighted by molar-refractivity contribution is 0.0311. The number of pyridine rings is 1. The van der Waals surface area contributed by atoms with E-state index in [2.05, 4.69) is 4.98 Å². The second-order valence-corrected chi connectivity index (χ2v) is 9.44. The molecule has 32 heavy (non-hydrogen) atoms. The first-order valence-electron chi connectivity index (χ1n) is 10.2. The van der Waals surface area contributed by atoms with Crippen LogP contribution in [0.15, 0.2) is 71.8 Å². The molecule has 0 bridgehead atoms. The lowest BCUT2D eigenvalue weighted by Gasteiger charge is -2.26. The predicted octanol–water partition coefficient (Wildman–Crippen LogP) is 3.19. The van der Waals surface area contributed by atoms with Crippen molar-refractivity contribution >= 4 is 10.4 Å². The Bertz CT molecular complexity index is 1140. The van der Waals surface area contributed by atoms with E-state index < -0.39 is 16.5 Å². The van der Waals surface area contributed by atoms with Crippen molar-refractivity contribution < 1.29 is 27.7 Å². The number of benzene rings is 2. The van der Waals surface area contributed by atoms with Crippen LogP contribution in [0.4, 0.5) is 0 Å². The summed E-state index contributed by atoms with van der Waals surface area (Å²) in [7, 11) is -3.82. The summed E-state index contributed by atoms with van der Waals surface area (Å²) in [5.41, 5.74) is 1.82. The third-order valence-electron chi connectivity index (χ3n) is 5.25. The van der Waals surface area contributed by atoms with Crippen molar-refractivity contribution in [1.82, 2.24) is 9.29 Å². The fourth-order valence-corrected chi connectivity index (χ4v) is 5.21. The molecule has 0 saturated carbocycles. The number of hydrogen-bond acceptors (Lipinski definition) is 7. The molecule has 0 fully saturated rings. The van der Waals surface area contributed by atoms with Crippen molar-refractivity contribution in [3.05, 3.63) is 78.0 Å². The van der Waals surface area contributed by atoms with Gasteiger partial charge < -0.3 is 23.5 Å². The van der Waals surface area contributed by atoms with Crippen LogP contribution in [-0.2, 0) is 32.5 Å². The molecular formula is C23H22N2O6S. The summed E-state index contributed by atoms with van der Waals surface area (Å²) in [6.07, 6.45) is 1.00. The van der Waals surface area contributed by atoms with Gasteiger partial charge in [0.25, 0.3) is 5.88 Å². The molecule has 166 valence electrons. The van der Waals surface area contributed by atoms with E-state index in [1.165, 1.54) is 16.6 Å². The molecule has 9 heteroatoms. The Morgan fingerprint density at radius 1 is 1.06 bits per heavy atom. The van der Waals surface area contributed by atoms with Crippen LogP contribution in [0.5, 0.6) is 17.4 Å². The summed E-state index contributed by atoms with van der Waals surface area (Å²) >= 11 is 0. The zero-order chi connectivity index (χ0) is 22.0. The Kier molecular flexibility index (Phi) is 5.79. The molecule has 0 N–H and O–H groups in total. The monoisotopic (exact) mass is 454 g/mol. The van der Waals surface area contributed by atoms with E-state index in [0.29, 0.717) is 18.1 Å². The van der Waals surface area contributed by atoms with Crippen LogP contribution in [0.25, 0.3) is 0 Å². The molecule has 0 saturated heterocycles. The molecule has 3 heterocycles. The summed E-state index contributed by atoms with van der Waals surface area (Å²) in [6.45, 7) is 1.07. The maximum Gasteiger partial charge on any atom is 0.272 e. The predicted molar refractivity (Wildman–Crippen MR) is 115 cm³/mol. The number of hydrogen-bond donors (Lipinski definition) is 0. The average Bonchev–Trinajstić information content (AvgIpc) is 3.24. The van der Waals surface area contributed by atoms with Gasteiger partial charge in [0, 0.05) is 12.3 Å². The number of fused-ring (bicyclic) bond motifs is 2. The Balaban J connectivity index is 1.37. The topological polar surface area (TPSA) is 93.2 Å². The van der Waals surface area contributed by atoms with E-state index in [0.717, 1.165) is 11.1 Å². The summed E-state index contributed by atoms with van der Waals surface area (Å²) in [4.78, 5) is 4.21. The second kappa shape index (κ2) is 8.87. The first kappa shape index (κ1) is 20.9. The van der Waals surface area contributed by atoms with Gasteiger partial charge in [-0.1, -0.05) is 40.6 Å². The highest BCUT2D eigenvalue weighted by Crippen LogP contribution is 2.36. The molecule has 0 spiro atoms. The largest absolute Gasteiger partial charge is 0.593 e. The summed E-state index contributed by atoms with van der Waals surface area (Å²) < 4.78 is 50.8. The second-order valence-electron chi connectivity index (χ2n) is 7.53. The van der Waals surface area contributed by atoms with E-state index >= 15 is 0 Å². The van der Waals surface area contributed by atoms with Crippen LogP contribution in [0.2, 0.25) is 0 Å². The molecule has 3 aromatic rings. The number of rotatable bonds is 6. The van der Waals surface area contributed by atoms with Crippen molar-refractivity contribution in [1.29, 1.82) is 0 Å². The van der Waals surface area contributed by atoms with Crippen molar-refractivity contribution in [2.75, 3.05) is 19.9 Å². The SMILES string of the molecule is O=[S+]1([O-])c2cccnc2O[C@@H](COCc2ccccc2)CN1Cc1ccc2c(c1)OCO2. The summed E-state index contributed by atoms with van der Waals surface area (Å²) in [6, 6.07) is 18.3. The highest BCUT2D eigenvalue weighted by atomic mass is 32.3. The van der Waals surface area contributed by atoms with Crippen LogP contribution in [0, 0.1) is 0 Å². The molecule has 2 aliphatic rings. The minimum atomic E-state index is -3.82. The zero-order valence-corrected chi connectivity index (χ0v) is 18.0. The standard InChI is InChI=1S/C23H22N2O6S/c26-32(27)22-7-4-10-24-23(22)31-19(15-28-14-17-5-2-1-3-6-17)13-25(32)12-18-8-9-20-21(11-18)30-16-29-20/h1-11,19H,12-16H2/t19-/m1/s1. The lowest BCUT2D eigenvalue weighted by Crippen LogP contribution is -2.41. The van der Waals surface area contributed by atoms with Crippen molar-refractivity contribution in [3.8, 4) is 17.4 Å². The van der Waals surface area contributed by atoms with Crippen LogP contribution >= 0.6 is 0 Å². The van der Waals surface area contributed by atoms with Gasteiger partial charge in [-0.25, -0.2) is 4.98 Å². The molecule has 1 aromatic heterocycles. The van der Waals surface area contributed by atoms with Gasteiger partial charge in [0.05, 0.1) is 26.3 Å². The molecule has 2 aromatic carbocycles. The Morgan fingerprint density at radius 3 is 2.78 bits per heavy atom. The van der Waals surface area contributed by atoms with Crippen LogP contribution in [0.3, 0.4) is 0 Å². The summed E-state index contributed by atoms with van der Waals surface area (Å²) in [5.74, 6) is 1.35. The van der Waals surface area contributed by atoms with Gasteiger partial charge in [-0.2, -0.15) is 0 Å². The van der Waals surface area contributed by atoms with E-state index in [1.54, 1.807) is 18.2 Å². The number of aromatic nitrogens is 1. The van der Waals surface area contributed by atoms with Crippen molar-refractivity contribution in [2.24, 2.45) is 0 Å². The Hall–Kier alpha value is -2.98. The van der Waals surface area contributed by atoms with Crippen LogP contribution in [0.1, 0.15) is 11.1 Å². The van der Waals surface area contributed by atoms with E-state index in [4.69, 9.17) is 18.9 Å². The molecule has 2 aliphatic heterocycles. The van der Waals surface area contributed by atoms with Gasteiger partial charge in [-0.05, 0) is 29.3 Å². The van der Waals surface area contributed by atoms with Gasteiger partial charge in [0.2, 0.25) is 11.7 Å². The molecule has 8 nitrogen and oxygen atoms in total. The van der Waals surface area contributed by atoms with Crippen molar-refractivity contribution in [3.63, 3.8) is 0 Å². The van der Waals surface area contributed by atoms with Crippen LogP contribution < -0.4 is 14.2 Å². The summed E-state index contributed by atoms with van der Waals surface area (Å²) in [5, 5.41) is 0. The van der Waals surface area contributed by atoms with Crippen molar-refractivity contribution in [2.45, 2.75) is 24.2 Å². The van der Waals surface area contributed by atoms with Gasteiger partial charge in [0.15, 0.2) is 21.9 Å². The van der Waals surface area contributed by atoms with Gasteiger partial charge >= 0.3 is 0 Å².